The van der Waals surface area contributed by atoms with Gasteiger partial charge in [-0.2, -0.15) is 8.87 Å². The number of rotatable bonds is 3. The minimum atomic E-state index is -3.71. The SMILES string of the molecule is Cc1ccc(S(=O)(=O)N2C(c3ccccn3)c3cccc[n+]3[C@@H]3CCCC[C@@H]32)cc1. The van der Waals surface area contributed by atoms with Gasteiger partial charge in [-0.3, -0.25) is 4.98 Å². The summed E-state index contributed by atoms with van der Waals surface area (Å²) in [7, 11) is -3.71. The highest BCUT2D eigenvalue weighted by Gasteiger charge is 2.53. The summed E-state index contributed by atoms with van der Waals surface area (Å²) in [5, 5.41) is 0. The lowest BCUT2D eigenvalue weighted by Crippen LogP contribution is -2.63. The van der Waals surface area contributed by atoms with E-state index in [1.165, 1.54) is 0 Å². The zero-order chi connectivity index (χ0) is 20.7. The number of nitrogens with zero attached hydrogens (tertiary/aromatic N) is 3. The van der Waals surface area contributed by atoms with Gasteiger partial charge in [0.15, 0.2) is 18.3 Å². The topological polar surface area (TPSA) is 54.2 Å². The molecule has 1 aliphatic carbocycles. The number of aryl methyl sites for hydroxylation is 1. The Hall–Kier alpha value is -2.57. The average Bonchev–Trinajstić information content (AvgIpc) is 2.79. The predicted octanol–water partition coefficient (Wildman–Crippen LogP) is 3.96. The van der Waals surface area contributed by atoms with Crippen LogP contribution in [0.5, 0.6) is 0 Å². The fourth-order valence-corrected chi connectivity index (χ4v) is 6.83. The van der Waals surface area contributed by atoms with Crippen LogP contribution < -0.4 is 4.57 Å². The van der Waals surface area contributed by atoms with Crippen molar-refractivity contribution in [2.45, 2.75) is 55.6 Å². The Bertz CT molecular complexity index is 1150. The summed E-state index contributed by atoms with van der Waals surface area (Å²) < 4.78 is 32.1. The Morgan fingerprint density at radius 2 is 1.73 bits per heavy atom. The highest BCUT2D eigenvalue weighted by atomic mass is 32.2. The molecular weight excluding hydrogens is 394 g/mol. The van der Waals surface area contributed by atoms with Gasteiger partial charge in [-0.15, -0.1) is 0 Å². The molecule has 154 valence electrons. The van der Waals surface area contributed by atoms with Gasteiger partial charge in [0, 0.05) is 24.8 Å². The van der Waals surface area contributed by atoms with Gasteiger partial charge in [0.25, 0.3) is 0 Å². The van der Waals surface area contributed by atoms with Crippen molar-refractivity contribution in [1.82, 2.24) is 9.29 Å². The van der Waals surface area contributed by atoms with Gasteiger partial charge in [0.1, 0.15) is 0 Å². The fourth-order valence-electron chi connectivity index (χ4n) is 5.01. The third-order valence-corrected chi connectivity index (χ3v) is 8.30. The molecule has 1 saturated carbocycles. The normalized spacial score (nSPS) is 24.1. The first-order valence-corrected chi connectivity index (χ1v) is 12.0. The van der Waals surface area contributed by atoms with Crippen molar-refractivity contribution in [1.29, 1.82) is 0 Å². The van der Waals surface area contributed by atoms with Gasteiger partial charge in [0.2, 0.25) is 15.7 Å². The fraction of sp³-hybridized carbons (Fsp3) is 0.333. The number of sulfonamides is 1. The van der Waals surface area contributed by atoms with Gasteiger partial charge in [-0.05, 0) is 44.0 Å². The zero-order valence-corrected chi connectivity index (χ0v) is 17.9. The summed E-state index contributed by atoms with van der Waals surface area (Å²) in [6, 6.07) is 18.6. The van der Waals surface area contributed by atoms with E-state index in [1.807, 2.05) is 55.5 Å². The quantitative estimate of drug-likeness (QED) is 0.603. The molecule has 1 unspecified atom stereocenters. The molecule has 5 rings (SSSR count). The Morgan fingerprint density at radius 3 is 2.50 bits per heavy atom. The van der Waals surface area contributed by atoms with Gasteiger partial charge < -0.3 is 0 Å². The number of hydrogen-bond acceptors (Lipinski definition) is 3. The van der Waals surface area contributed by atoms with E-state index in [0.717, 1.165) is 42.6 Å². The van der Waals surface area contributed by atoms with Crippen molar-refractivity contribution in [3.05, 3.63) is 90.0 Å². The molecule has 0 bridgehead atoms. The Morgan fingerprint density at radius 1 is 0.967 bits per heavy atom. The largest absolute Gasteiger partial charge is 0.259 e. The summed E-state index contributed by atoms with van der Waals surface area (Å²) in [6.45, 7) is 1.97. The number of aromatic nitrogens is 2. The van der Waals surface area contributed by atoms with E-state index >= 15 is 0 Å². The highest BCUT2D eigenvalue weighted by molar-refractivity contribution is 7.89. The van der Waals surface area contributed by atoms with Crippen molar-refractivity contribution in [2.75, 3.05) is 0 Å². The number of fused-ring (bicyclic) bond motifs is 3. The molecule has 2 aromatic heterocycles. The summed E-state index contributed by atoms with van der Waals surface area (Å²) in [6.07, 6.45) is 7.85. The number of benzene rings is 1. The first kappa shape index (κ1) is 19.4. The first-order chi connectivity index (χ1) is 14.6. The molecule has 3 heterocycles. The van der Waals surface area contributed by atoms with Gasteiger partial charge in [-0.25, -0.2) is 8.42 Å². The highest BCUT2D eigenvalue weighted by Crippen LogP contribution is 2.43. The van der Waals surface area contributed by atoms with Crippen LogP contribution in [0.2, 0.25) is 0 Å². The summed E-state index contributed by atoms with van der Waals surface area (Å²) >= 11 is 0. The van der Waals surface area contributed by atoms with E-state index in [4.69, 9.17) is 0 Å². The van der Waals surface area contributed by atoms with Crippen LogP contribution in [0.4, 0.5) is 0 Å². The van der Waals surface area contributed by atoms with E-state index < -0.39 is 16.1 Å². The van der Waals surface area contributed by atoms with Crippen LogP contribution in [0.3, 0.4) is 0 Å². The summed E-state index contributed by atoms with van der Waals surface area (Å²) in [5.74, 6) is 0. The second-order valence-corrected chi connectivity index (χ2v) is 10.1. The van der Waals surface area contributed by atoms with E-state index in [1.54, 1.807) is 22.6 Å². The van der Waals surface area contributed by atoms with E-state index in [2.05, 4.69) is 15.7 Å². The zero-order valence-electron chi connectivity index (χ0n) is 17.1. The van der Waals surface area contributed by atoms with E-state index in [9.17, 15) is 8.42 Å². The van der Waals surface area contributed by atoms with E-state index in [0.29, 0.717) is 4.90 Å². The summed E-state index contributed by atoms with van der Waals surface area (Å²) in [5.41, 5.74) is 2.79. The van der Waals surface area contributed by atoms with Crippen LogP contribution >= 0.6 is 0 Å². The molecule has 5 nitrogen and oxygen atoms in total. The Kier molecular flexibility index (Phi) is 4.91. The lowest BCUT2D eigenvalue weighted by molar-refractivity contribution is -0.745. The van der Waals surface area contributed by atoms with Crippen molar-refractivity contribution >= 4 is 10.0 Å². The summed E-state index contributed by atoms with van der Waals surface area (Å²) in [4.78, 5) is 4.94. The standard InChI is InChI=1S/C24H26N3O2S/c1-18-12-14-19(15-13-18)30(28,29)27-22-10-3-2-9-21(22)26-17-7-5-11-23(26)24(27)20-8-4-6-16-25-20/h4-8,11-17,21-22,24H,2-3,9-10H2,1H3/q+1/t21-,22+,24?/m1/s1. The van der Waals surface area contributed by atoms with Crippen LogP contribution in [0.15, 0.2) is 78.0 Å². The molecule has 2 aliphatic rings. The third kappa shape index (κ3) is 3.15. The van der Waals surface area contributed by atoms with Crippen LogP contribution in [0, 0.1) is 6.92 Å². The van der Waals surface area contributed by atoms with Crippen LogP contribution in [0.1, 0.15) is 54.7 Å². The van der Waals surface area contributed by atoms with Crippen molar-refractivity contribution in [2.24, 2.45) is 0 Å². The second-order valence-electron chi connectivity index (χ2n) is 8.26. The predicted molar refractivity (Wildman–Crippen MR) is 114 cm³/mol. The maximum Gasteiger partial charge on any atom is 0.244 e. The van der Waals surface area contributed by atoms with Crippen molar-refractivity contribution in [3.8, 4) is 0 Å². The number of pyridine rings is 2. The van der Waals surface area contributed by atoms with Gasteiger partial charge in [0.05, 0.1) is 16.6 Å². The maximum absolute atomic E-state index is 14.0. The molecule has 1 aliphatic heterocycles. The smallest absolute Gasteiger partial charge is 0.244 e. The number of hydrogen-bond donors (Lipinski definition) is 0. The molecule has 6 heteroatoms. The Balaban J connectivity index is 1.74. The molecule has 0 spiro atoms. The minimum absolute atomic E-state index is 0.0861. The monoisotopic (exact) mass is 420 g/mol. The van der Waals surface area contributed by atoms with E-state index in [-0.39, 0.29) is 12.1 Å². The van der Waals surface area contributed by atoms with Crippen molar-refractivity contribution < 1.29 is 13.0 Å². The molecule has 30 heavy (non-hydrogen) atoms. The molecule has 1 fully saturated rings. The molecule has 3 atom stereocenters. The molecule has 1 aromatic carbocycles. The maximum atomic E-state index is 14.0. The van der Waals surface area contributed by atoms with Crippen LogP contribution in [-0.2, 0) is 10.0 Å². The Labute approximate surface area is 178 Å². The second kappa shape index (κ2) is 7.60. The van der Waals surface area contributed by atoms with Gasteiger partial charge >= 0.3 is 0 Å². The average molecular weight is 421 g/mol. The lowest BCUT2D eigenvalue weighted by atomic mass is 9.86. The molecule has 0 saturated heterocycles. The minimum Gasteiger partial charge on any atom is -0.259 e. The third-order valence-electron chi connectivity index (χ3n) is 6.40. The lowest BCUT2D eigenvalue weighted by Gasteiger charge is -2.43. The molecular formula is C24H26N3O2S+. The van der Waals surface area contributed by atoms with Crippen LogP contribution in [0.25, 0.3) is 0 Å². The van der Waals surface area contributed by atoms with Crippen molar-refractivity contribution in [3.63, 3.8) is 0 Å². The van der Waals surface area contributed by atoms with Crippen LogP contribution in [-0.4, -0.2) is 23.7 Å². The molecule has 0 amide bonds. The molecule has 0 N–H and O–H groups in total. The van der Waals surface area contributed by atoms with Gasteiger partial charge in [-0.1, -0.05) is 36.2 Å². The molecule has 3 aromatic rings. The first-order valence-electron chi connectivity index (χ1n) is 10.6. The molecule has 0 radical (unpaired) electrons.